The Balaban J connectivity index is 2.87. The molecular formula is C13H20O3S. The van der Waals surface area contributed by atoms with Crippen LogP contribution in [-0.4, -0.2) is 16.2 Å². The lowest BCUT2D eigenvalue weighted by Crippen LogP contribution is -2.22. The van der Waals surface area contributed by atoms with Crippen molar-refractivity contribution < 1.29 is 15.0 Å². The summed E-state index contributed by atoms with van der Waals surface area (Å²) in [5.41, 5.74) is 0.774. The van der Waals surface area contributed by atoms with Crippen molar-refractivity contribution in [2.45, 2.75) is 46.1 Å². The maximum atomic E-state index is 11.2. The van der Waals surface area contributed by atoms with Crippen molar-refractivity contribution in [1.29, 1.82) is 0 Å². The molecule has 0 fully saturated rings. The predicted octanol–water partition coefficient (Wildman–Crippen LogP) is 3.29. The minimum absolute atomic E-state index is 0.529. The van der Waals surface area contributed by atoms with E-state index in [1.165, 1.54) is 0 Å². The van der Waals surface area contributed by atoms with Crippen molar-refractivity contribution in [1.82, 2.24) is 0 Å². The maximum Gasteiger partial charge on any atom is 0.309 e. The van der Waals surface area contributed by atoms with E-state index in [9.17, 15) is 15.0 Å². The van der Waals surface area contributed by atoms with E-state index in [2.05, 4.69) is 0 Å². The van der Waals surface area contributed by atoms with E-state index in [1.807, 2.05) is 26.8 Å². The van der Waals surface area contributed by atoms with Gasteiger partial charge >= 0.3 is 5.97 Å². The van der Waals surface area contributed by atoms with Crippen LogP contribution in [0.2, 0.25) is 0 Å². The number of aliphatic carboxylic acids is 1. The fraction of sp³-hybridized carbons (Fsp3) is 0.615. The van der Waals surface area contributed by atoms with Gasteiger partial charge in [-0.1, -0.05) is 19.8 Å². The molecule has 0 saturated heterocycles. The third-order valence-corrected chi connectivity index (χ3v) is 3.95. The molecule has 0 aliphatic heterocycles. The molecule has 1 aromatic heterocycles. The lowest BCUT2D eigenvalue weighted by molar-refractivity contribution is -0.146. The van der Waals surface area contributed by atoms with E-state index < -0.39 is 18.0 Å². The van der Waals surface area contributed by atoms with Gasteiger partial charge in [-0.25, -0.2) is 0 Å². The lowest BCUT2D eigenvalue weighted by atomic mass is 9.91. The SMILES string of the molecule is CCCCC(C(=O)O)C(O)c1cc(C)sc1C. The first-order chi connectivity index (χ1) is 7.97. The van der Waals surface area contributed by atoms with Gasteiger partial charge in [-0.15, -0.1) is 11.3 Å². The van der Waals surface area contributed by atoms with E-state index in [0.29, 0.717) is 6.42 Å². The average Bonchev–Trinajstić information content (AvgIpc) is 2.57. The number of aliphatic hydroxyl groups is 1. The van der Waals surface area contributed by atoms with Crippen molar-refractivity contribution >= 4 is 17.3 Å². The number of carboxylic acid groups (broad SMARTS) is 1. The molecule has 1 rings (SSSR count). The number of aryl methyl sites for hydroxylation is 2. The lowest BCUT2D eigenvalue weighted by Gasteiger charge is -2.19. The van der Waals surface area contributed by atoms with Crippen molar-refractivity contribution in [2.75, 3.05) is 0 Å². The molecule has 0 spiro atoms. The van der Waals surface area contributed by atoms with E-state index in [-0.39, 0.29) is 0 Å². The molecule has 2 atom stereocenters. The normalized spacial score (nSPS) is 14.6. The molecule has 0 amide bonds. The number of hydrogen-bond acceptors (Lipinski definition) is 3. The fourth-order valence-corrected chi connectivity index (χ4v) is 2.97. The van der Waals surface area contributed by atoms with E-state index >= 15 is 0 Å². The van der Waals surface area contributed by atoms with Gasteiger partial charge in [0.05, 0.1) is 12.0 Å². The second-order valence-corrected chi connectivity index (χ2v) is 5.86. The van der Waals surface area contributed by atoms with Crippen LogP contribution in [0.3, 0.4) is 0 Å². The first kappa shape index (κ1) is 14.2. The Morgan fingerprint density at radius 1 is 1.47 bits per heavy atom. The Bertz CT molecular complexity index is 384. The first-order valence-electron chi connectivity index (χ1n) is 5.95. The molecule has 1 heterocycles. The highest BCUT2D eigenvalue weighted by Gasteiger charge is 2.28. The number of aliphatic hydroxyl groups excluding tert-OH is 1. The summed E-state index contributed by atoms with van der Waals surface area (Å²) < 4.78 is 0. The number of carboxylic acids is 1. The van der Waals surface area contributed by atoms with Gasteiger partial charge in [0.2, 0.25) is 0 Å². The Morgan fingerprint density at radius 3 is 2.53 bits per heavy atom. The molecule has 4 heteroatoms. The summed E-state index contributed by atoms with van der Waals surface area (Å²) in [6, 6.07) is 1.90. The predicted molar refractivity (Wildman–Crippen MR) is 69.4 cm³/mol. The van der Waals surface area contributed by atoms with Gasteiger partial charge in [-0.05, 0) is 31.9 Å². The van der Waals surface area contributed by atoms with Crippen LogP contribution in [0.4, 0.5) is 0 Å². The van der Waals surface area contributed by atoms with Gasteiger partial charge in [0.15, 0.2) is 0 Å². The van der Waals surface area contributed by atoms with Crippen LogP contribution in [0, 0.1) is 19.8 Å². The van der Waals surface area contributed by atoms with Gasteiger partial charge < -0.3 is 10.2 Å². The quantitative estimate of drug-likeness (QED) is 0.821. The maximum absolute atomic E-state index is 11.2. The van der Waals surface area contributed by atoms with Gasteiger partial charge in [0.25, 0.3) is 0 Å². The second kappa shape index (κ2) is 6.17. The summed E-state index contributed by atoms with van der Waals surface area (Å²) in [5, 5.41) is 19.4. The molecule has 0 bridgehead atoms. The number of rotatable bonds is 6. The molecule has 96 valence electrons. The third kappa shape index (κ3) is 3.54. The van der Waals surface area contributed by atoms with E-state index in [4.69, 9.17) is 0 Å². The minimum atomic E-state index is -0.908. The molecule has 0 aliphatic rings. The number of carbonyl (C=O) groups is 1. The topological polar surface area (TPSA) is 57.5 Å². The highest BCUT2D eigenvalue weighted by Crippen LogP contribution is 2.33. The number of unbranched alkanes of at least 4 members (excludes halogenated alkanes) is 1. The summed E-state index contributed by atoms with van der Waals surface area (Å²) in [4.78, 5) is 13.3. The molecule has 0 aliphatic carbocycles. The molecule has 1 aromatic rings. The molecule has 17 heavy (non-hydrogen) atoms. The summed E-state index contributed by atoms with van der Waals surface area (Å²) >= 11 is 1.60. The molecule has 2 N–H and O–H groups in total. The largest absolute Gasteiger partial charge is 0.481 e. The zero-order chi connectivity index (χ0) is 13.0. The standard InChI is InChI=1S/C13H20O3S/c1-4-5-6-10(13(15)16)12(14)11-7-8(2)17-9(11)3/h7,10,12,14H,4-6H2,1-3H3,(H,15,16). The second-order valence-electron chi connectivity index (χ2n) is 4.40. The summed E-state index contributed by atoms with van der Waals surface area (Å²) in [6.45, 7) is 5.91. The fourth-order valence-electron chi connectivity index (χ4n) is 2.00. The third-order valence-electron chi connectivity index (χ3n) is 2.97. The van der Waals surface area contributed by atoms with Crippen molar-refractivity contribution in [2.24, 2.45) is 5.92 Å². The van der Waals surface area contributed by atoms with Crippen LogP contribution in [0.1, 0.15) is 47.6 Å². The van der Waals surface area contributed by atoms with E-state index in [0.717, 1.165) is 28.2 Å². The number of hydrogen-bond donors (Lipinski definition) is 2. The molecule has 0 radical (unpaired) electrons. The Hall–Kier alpha value is -0.870. The summed E-state index contributed by atoms with van der Waals surface area (Å²) in [7, 11) is 0. The molecule has 3 nitrogen and oxygen atoms in total. The highest BCUT2D eigenvalue weighted by atomic mass is 32.1. The molecular weight excluding hydrogens is 236 g/mol. The molecule has 0 saturated carbocycles. The van der Waals surface area contributed by atoms with Crippen LogP contribution < -0.4 is 0 Å². The van der Waals surface area contributed by atoms with Crippen LogP contribution in [-0.2, 0) is 4.79 Å². The average molecular weight is 256 g/mol. The monoisotopic (exact) mass is 256 g/mol. The van der Waals surface area contributed by atoms with Crippen LogP contribution >= 0.6 is 11.3 Å². The smallest absolute Gasteiger partial charge is 0.309 e. The van der Waals surface area contributed by atoms with Crippen LogP contribution in [0.5, 0.6) is 0 Å². The number of thiophene rings is 1. The van der Waals surface area contributed by atoms with Gasteiger partial charge in [-0.3, -0.25) is 4.79 Å². The van der Waals surface area contributed by atoms with E-state index in [1.54, 1.807) is 11.3 Å². The van der Waals surface area contributed by atoms with Crippen molar-refractivity contribution in [3.05, 3.63) is 21.4 Å². The van der Waals surface area contributed by atoms with Crippen LogP contribution in [0.25, 0.3) is 0 Å². The first-order valence-corrected chi connectivity index (χ1v) is 6.76. The Morgan fingerprint density at radius 2 is 2.12 bits per heavy atom. The Kier molecular flexibility index (Phi) is 5.15. The van der Waals surface area contributed by atoms with Gasteiger partial charge in [-0.2, -0.15) is 0 Å². The van der Waals surface area contributed by atoms with Gasteiger partial charge in [0.1, 0.15) is 0 Å². The van der Waals surface area contributed by atoms with Crippen molar-refractivity contribution in [3.8, 4) is 0 Å². The van der Waals surface area contributed by atoms with Gasteiger partial charge in [0, 0.05) is 9.75 Å². The molecule has 2 unspecified atom stereocenters. The summed E-state index contributed by atoms with van der Waals surface area (Å²) in [5.74, 6) is -1.60. The minimum Gasteiger partial charge on any atom is -0.481 e. The highest BCUT2D eigenvalue weighted by molar-refractivity contribution is 7.12. The van der Waals surface area contributed by atoms with Crippen molar-refractivity contribution in [3.63, 3.8) is 0 Å². The summed E-state index contributed by atoms with van der Waals surface area (Å²) in [6.07, 6.45) is 1.42. The Labute approximate surface area is 106 Å². The molecule has 0 aromatic carbocycles. The zero-order valence-electron chi connectivity index (χ0n) is 10.6. The zero-order valence-corrected chi connectivity index (χ0v) is 11.4. The van der Waals surface area contributed by atoms with Crippen LogP contribution in [0.15, 0.2) is 6.07 Å².